The molecule has 0 bridgehead atoms. The monoisotopic (exact) mass is 253 g/mol. The Kier molecular flexibility index (Phi) is 2.53. The first-order valence-corrected chi connectivity index (χ1v) is 6.80. The number of benzene rings is 4. The van der Waals surface area contributed by atoms with Crippen molar-refractivity contribution in [2.75, 3.05) is 0 Å². The molecule has 0 fully saturated rings. The number of hydrogen-bond donors (Lipinski definition) is 0. The molecule has 0 spiro atoms. The molecular weight excluding hydrogens is 240 g/mol. The van der Waals surface area contributed by atoms with Crippen molar-refractivity contribution >= 4 is 21.5 Å². The van der Waals surface area contributed by atoms with Gasteiger partial charge in [0.1, 0.15) is 0 Å². The van der Waals surface area contributed by atoms with E-state index in [-0.39, 0.29) is 0 Å². The van der Waals surface area contributed by atoms with E-state index in [2.05, 4.69) is 84.9 Å². The normalized spacial score (nSPS) is 11.0. The second kappa shape index (κ2) is 4.50. The SMILES string of the molecule is [c]1c(-c2ccc3ccccc3c2)ccc2ccccc12. The zero-order chi connectivity index (χ0) is 13.4. The molecule has 0 aliphatic rings. The maximum Gasteiger partial charge on any atom is -0.00143 e. The van der Waals surface area contributed by atoms with Crippen LogP contribution in [0.2, 0.25) is 0 Å². The van der Waals surface area contributed by atoms with Crippen LogP contribution in [0.25, 0.3) is 32.7 Å². The van der Waals surface area contributed by atoms with Gasteiger partial charge in [-0.25, -0.2) is 0 Å². The third-order valence-corrected chi connectivity index (χ3v) is 3.72. The Morgan fingerprint density at radius 1 is 0.550 bits per heavy atom. The fourth-order valence-corrected chi connectivity index (χ4v) is 2.64. The van der Waals surface area contributed by atoms with E-state index >= 15 is 0 Å². The molecule has 1 radical (unpaired) electrons. The number of fused-ring (bicyclic) bond motifs is 2. The summed E-state index contributed by atoms with van der Waals surface area (Å²) in [5.41, 5.74) is 2.36. The van der Waals surface area contributed by atoms with Gasteiger partial charge in [0.05, 0.1) is 0 Å². The lowest BCUT2D eigenvalue weighted by molar-refractivity contribution is 1.66. The van der Waals surface area contributed by atoms with E-state index < -0.39 is 0 Å². The van der Waals surface area contributed by atoms with E-state index in [1.54, 1.807) is 0 Å². The summed E-state index contributed by atoms with van der Waals surface area (Å²) < 4.78 is 0. The molecule has 0 aliphatic carbocycles. The quantitative estimate of drug-likeness (QED) is 0.422. The van der Waals surface area contributed by atoms with E-state index in [0.717, 1.165) is 10.9 Å². The lowest BCUT2D eigenvalue weighted by atomic mass is 9.99. The summed E-state index contributed by atoms with van der Waals surface area (Å²) in [4.78, 5) is 0. The van der Waals surface area contributed by atoms with Gasteiger partial charge in [0.15, 0.2) is 0 Å². The molecule has 4 aromatic rings. The molecule has 0 nitrogen and oxygen atoms in total. The zero-order valence-electron chi connectivity index (χ0n) is 11.0. The minimum absolute atomic E-state index is 1.15. The lowest BCUT2D eigenvalue weighted by Gasteiger charge is -2.05. The van der Waals surface area contributed by atoms with Gasteiger partial charge in [-0.2, -0.15) is 0 Å². The molecule has 20 heavy (non-hydrogen) atoms. The predicted molar refractivity (Wildman–Crippen MR) is 85.7 cm³/mol. The van der Waals surface area contributed by atoms with E-state index in [9.17, 15) is 0 Å². The maximum absolute atomic E-state index is 3.51. The van der Waals surface area contributed by atoms with Gasteiger partial charge in [0, 0.05) is 0 Å². The summed E-state index contributed by atoms with van der Waals surface area (Å²) in [6.07, 6.45) is 0. The molecular formula is C20H13. The first kappa shape index (κ1) is 11.2. The lowest BCUT2D eigenvalue weighted by Crippen LogP contribution is -1.80. The van der Waals surface area contributed by atoms with Crippen molar-refractivity contribution in [2.24, 2.45) is 0 Å². The Bertz CT molecular complexity index is 826. The summed E-state index contributed by atoms with van der Waals surface area (Å²) in [7, 11) is 0. The van der Waals surface area contributed by atoms with Crippen molar-refractivity contribution in [1.29, 1.82) is 0 Å². The first-order valence-electron chi connectivity index (χ1n) is 6.80. The topological polar surface area (TPSA) is 0 Å². The molecule has 0 aromatic heterocycles. The highest BCUT2D eigenvalue weighted by molar-refractivity contribution is 5.90. The van der Waals surface area contributed by atoms with Gasteiger partial charge in [-0.1, -0.05) is 72.8 Å². The van der Waals surface area contributed by atoms with Crippen LogP contribution in [0, 0.1) is 6.07 Å². The molecule has 0 unspecified atom stereocenters. The molecule has 93 valence electrons. The minimum Gasteiger partial charge on any atom is -0.0616 e. The Hall–Kier alpha value is -2.60. The van der Waals surface area contributed by atoms with Crippen LogP contribution in [-0.2, 0) is 0 Å². The van der Waals surface area contributed by atoms with Gasteiger partial charge in [-0.15, -0.1) is 0 Å². The minimum atomic E-state index is 1.15. The van der Waals surface area contributed by atoms with Crippen molar-refractivity contribution in [2.45, 2.75) is 0 Å². The third kappa shape index (κ3) is 1.86. The molecule has 0 saturated heterocycles. The van der Waals surface area contributed by atoms with E-state index in [1.165, 1.54) is 21.7 Å². The Morgan fingerprint density at radius 2 is 1.25 bits per heavy atom. The average Bonchev–Trinajstić information content (AvgIpc) is 2.54. The molecule has 0 amide bonds. The molecule has 0 aliphatic heterocycles. The molecule has 0 saturated carbocycles. The summed E-state index contributed by atoms with van der Waals surface area (Å²) >= 11 is 0. The summed E-state index contributed by atoms with van der Waals surface area (Å²) in [5, 5.41) is 4.94. The third-order valence-electron chi connectivity index (χ3n) is 3.72. The van der Waals surface area contributed by atoms with Gasteiger partial charge in [0.2, 0.25) is 0 Å². The van der Waals surface area contributed by atoms with Crippen molar-refractivity contribution in [3.63, 3.8) is 0 Å². The van der Waals surface area contributed by atoms with Crippen LogP contribution < -0.4 is 0 Å². The maximum atomic E-state index is 3.51. The highest BCUT2D eigenvalue weighted by Crippen LogP contribution is 2.26. The van der Waals surface area contributed by atoms with Gasteiger partial charge in [-0.3, -0.25) is 0 Å². The van der Waals surface area contributed by atoms with Crippen LogP contribution in [0.15, 0.2) is 78.9 Å². The molecule has 4 aromatic carbocycles. The Balaban J connectivity index is 1.91. The average molecular weight is 253 g/mol. The van der Waals surface area contributed by atoms with Gasteiger partial charge < -0.3 is 0 Å². The molecule has 0 heterocycles. The van der Waals surface area contributed by atoms with E-state index in [1.807, 2.05) is 0 Å². The number of rotatable bonds is 1. The number of hydrogen-bond acceptors (Lipinski definition) is 0. The molecule has 0 heteroatoms. The van der Waals surface area contributed by atoms with Crippen LogP contribution in [-0.4, -0.2) is 0 Å². The van der Waals surface area contributed by atoms with Crippen LogP contribution in [0.5, 0.6) is 0 Å². The molecule has 4 rings (SSSR count). The largest absolute Gasteiger partial charge is 0.0616 e. The van der Waals surface area contributed by atoms with Gasteiger partial charge >= 0.3 is 0 Å². The fraction of sp³-hybridized carbons (Fsp3) is 0. The zero-order valence-corrected chi connectivity index (χ0v) is 11.0. The highest BCUT2D eigenvalue weighted by Gasteiger charge is 2.01. The van der Waals surface area contributed by atoms with Crippen molar-refractivity contribution in [1.82, 2.24) is 0 Å². The standard InChI is InChI=1S/C20H13/c1-3-7-17-13-19(11-9-15(17)5-1)20-12-10-16-6-2-4-8-18(16)14-20/h1-13H. The Labute approximate surface area is 118 Å². The van der Waals surface area contributed by atoms with Crippen molar-refractivity contribution in [3.8, 4) is 11.1 Å². The first-order chi connectivity index (χ1) is 9.90. The molecule has 0 atom stereocenters. The predicted octanol–water partition coefficient (Wildman–Crippen LogP) is 5.46. The van der Waals surface area contributed by atoms with Crippen LogP contribution >= 0.6 is 0 Å². The van der Waals surface area contributed by atoms with Gasteiger partial charge in [-0.05, 0) is 44.8 Å². The second-order valence-corrected chi connectivity index (χ2v) is 5.02. The fourth-order valence-electron chi connectivity index (χ4n) is 2.64. The van der Waals surface area contributed by atoms with Crippen LogP contribution in [0.3, 0.4) is 0 Å². The Morgan fingerprint density at radius 3 is 2.15 bits per heavy atom. The summed E-state index contributed by atoms with van der Waals surface area (Å²) in [6, 6.07) is 31.2. The highest BCUT2D eigenvalue weighted by atomic mass is 14.1. The van der Waals surface area contributed by atoms with Gasteiger partial charge in [0.25, 0.3) is 0 Å². The van der Waals surface area contributed by atoms with Crippen LogP contribution in [0.4, 0.5) is 0 Å². The van der Waals surface area contributed by atoms with Crippen LogP contribution in [0.1, 0.15) is 0 Å². The van der Waals surface area contributed by atoms with Crippen molar-refractivity contribution < 1.29 is 0 Å². The molecule has 0 N–H and O–H groups in total. The van der Waals surface area contributed by atoms with E-state index in [4.69, 9.17) is 0 Å². The second-order valence-electron chi connectivity index (χ2n) is 5.02. The van der Waals surface area contributed by atoms with E-state index in [0.29, 0.717) is 0 Å². The smallest absolute Gasteiger partial charge is 0.00143 e. The summed E-state index contributed by atoms with van der Waals surface area (Å²) in [5.74, 6) is 0. The van der Waals surface area contributed by atoms with Crippen molar-refractivity contribution in [3.05, 3.63) is 84.9 Å². The summed E-state index contributed by atoms with van der Waals surface area (Å²) in [6.45, 7) is 0.